The molecule has 20 heavy (non-hydrogen) atoms. The van der Waals surface area contributed by atoms with Crippen molar-refractivity contribution in [1.82, 2.24) is 5.32 Å². The van der Waals surface area contributed by atoms with Crippen LogP contribution in [0.25, 0.3) is 0 Å². The Kier molecular flexibility index (Phi) is 4.21. The van der Waals surface area contributed by atoms with Gasteiger partial charge in [-0.1, -0.05) is 20.8 Å². The second-order valence-corrected chi connectivity index (χ2v) is 15.2. The number of nitrogens with one attached hydrogen (secondary N) is 1. The van der Waals surface area contributed by atoms with E-state index in [1.54, 1.807) is 11.3 Å². The van der Waals surface area contributed by atoms with Gasteiger partial charge in [-0.05, 0) is 36.2 Å². The lowest BCUT2D eigenvalue weighted by molar-refractivity contribution is 0.652. The van der Waals surface area contributed by atoms with Gasteiger partial charge in [0.2, 0.25) is 0 Å². The summed E-state index contributed by atoms with van der Waals surface area (Å²) in [7, 11) is -4.79. The third-order valence-corrected chi connectivity index (χ3v) is 13.5. The maximum absolute atomic E-state index is 12.9. The SMILES string of the molecule is CC(C)(C)[Si](C)(C)N=S(N)(=O)c1cc2c(s1)CCNC2. The summed E-state index contributed by atoms with van der Waals surface area (Å²) in [6.45, 7) is 12.6. The highest BCUT2D eigenvalue weighted by atomic mass is 32.2. The van der Waals surface area contributed by atoms with E-state index in [0.29, 0.717) is 0 Å². The summed E-state index contributed by atoms with van der Waals surface area (Å²) in [6, 6.07) is 1.99. The molecule has 1 aliphatic rings. The Labute approximate surface area is 127 Å². The number of thiophene rings is 1. The van der Waals surface area contributed by atoms with E-state index in [0.717, 1.165) is 23.7 Å². The molecule has 1 aromatic heterocycles. The summed E-state index contributed by atoms with van der Waals surface area (Å²) in [5.74, 6) is 0. The first kappa shape index (κ1) is 16.2. The van der Waals surface area contributed by atoms with E-state index in [1.807, 2.05) is 6.07 Å². The molecular formula is C13H25N3OS2Si. The van der Waals surface area contributed by atoms with Gasteiger partial charge in [-0.25, -0.2) is 9.35 Å². The standard InChI is InChI=1S/C13H25N3OS2Si/c1-13(2,3)20(4,5)16-19(14,17)12-8-10-9-15-7-6-11(10)18-12/h8,15H,6-7,9H2,1-5H3,(H2,14,16,17). The van der Waals surface area contributed by atoms with Crippen LogP contribution in [0, 0.1) is 0 Å². The molecule has 0 fully saturated rings. The van der Waals surface area contributed by atoms with E-state index < -0.39 is 18.2 Å². The second kappa shape index (κ2) is 5.21. The highest BCUT2D eigenvalue weighted by molar-refractivity contribution is 7.94. The number of fused-ring (bicyclic) bond motifs is 1. The number of hydrogen-bond acceptors (Lipinski definition) is 4. The Hall–Kier alpha value is -0.213. The minimum Gasteiger partial charge on any atom is -0.312 e. The van der Waals surface area contributed by atoms with Gasteiger partial charge in [0, 0.05) is 18.0 Å². The topological polar surface area (TPSA) is 67.5 Å². The van der Waals surface area contributed by atoms with Crippen molar-refractivity contribution in [2.45, 2.75) is 56.1 Å². The summed E-state index contributed by atoms with van der Waals surface area (Å²) in [4.78, 5) is 1.31. The van der Waals surface area contributed by atoms with Gasteiger partial charge in [0.05, 0.1) is 0 Å². The van der Waals surface area contributed by atoms with Gasteiger partial charge in [0.25, 0.3) is 0 Å². The lowest BCUT2D eigenvalue weighted by atomic mass is 10.1. The molecule has 0 spiro atoms. The van der Waals surface area contributed by atoms with Gasteiger partial charge >= 0.3 is 0 Å². The summed E-state index contributed by atoms with van der Waals surface area (Å²) < 4.78 is 18.3. The molecule has 0 aliphatic carbocycles. The quantitative estimate of drug-likeness (QED) is 0.818. The second-order valence-electron chi connectivity index (χ2n) is 6.91. The average molecular weight is 332 g/mol. The van der Waals surface area contributed by atoms with Gasteiger partial charge in [-0.2, -0.15) is 0 Å². The predicted octanol–water partition coefficient (Wildman–Crippen LogP) is 3.10. The van der Waals surface area contributed by atoms with E-state index in [9.17, 15) is 4.21 Å². The Bertz CT molecular complexity index is 599. The summed E-state index contributed by atoms with van der Waals surface area (Å²) >= 11 is 1.58. The van der Waals surface area contributed by atoms with Gasteiger partial charge in [0.15, 0.2) is 8.24 Å². The Morgan fingerprint density at radius 1 is 1.45 bits per heavy atom. The molecule has 1 aliphatic heterocycles. The zero-order chi connectivity index (χ0) is 15.2. The highest BCUT2D eigenvalue weighted by Gasteiger charge is 2.37. The molecule has 1 atom stereocenters. The maximum Gasteiger partial charge on any atom is 0.195 e. The molecule has 0 amide bonds. The number of nitrogens with zero attached hydrogens (tertiary/aromatic N) is 1. The molecule has 0 saturated heterocycles. The highest BCUT2D eigenvalue weighted by Crippen LogP contribution is 2.38. The van der Waals surface area contributed by atoms with Crippen molar-refractivity contribution < 1.29 is 4.21 Å². The van der Waals surface area contributed by atoms with Crippen molar-refractivity contribution in [3.05, 3.63) is 16.5 Å². The number of rotatable bonds is 2. The molecule has 3 N–H and O–H groups in total. The molecule has 4 nitrogen and oxygen atoms in total. The number of hydrogen-bond donors (Lipinski definition) is 2. The molecule has 0 radical (unpaired) electrons. The molecule has 1 unspecified atom stereocenters. The lowest BCUT2D eigenvalue weighted by Crippen LogP contribution is -2.37. The van der Waals surface area contributed by atoms with Crippen molar-refractivity contribution in [2.24, 2.45) is 9.17 Å². The van der Waals surface area contributed by atoms with Crippen molar-refractivity contribution in [1.29, 1.82) is 0 Å². The monoisotopic (exact) mass is 331 g/mol. The van der Waals surface area contributed by atoms with Crippen molar-refractivity contribution in [3.8, 4) is 0 Å². The Balaban J connectivity index is 2.45. The fourth-order valence-corrected chi connectivity index (χ4v) is 8.39. The Morgan fingerprint density at radius 3 is 2.65 bits per heavy atom. The largest absolute Gasteiger partial charge is 0.312 e. The normalized spacial score (nSPS) is 19.3. The molecule has 0 aromatic carbocycles. The van der Waals surface area contributed by atoms with E-state index in [-0.39, 0.29) is 5.04 Å². The fourth-order valence-electron chi connectivity index (χ4n) is 1.89. The van der Waals surface area contributed by atoms with Crippen molar-refractivity contribution in [3.63, 3.8) is 0 Å². The third kappa shape index (κ3) is 3.17. The van der Waals surface area contributed by atoms with Crippen molar-refractivity contribution >= 4 is 29.5 Å². The van der Waals surface area contributed by atoms with Crippen LogP contribution in [-0.4, -0.2) is 19.0 Å². The third-order valence-electron chi connectivity index (χ3n) is 4.21. The van der Waals surface area contributed by atoms with Crippen molar-refractivity contribution in [2.75, 3.05) is 6.54 Å². The zero-order valence-corrected chi connectivity index (χ0v) is 15.6. The zero-order valence-electron chi connectivity index (χ0n) is 12.9. The van der Waals surface area contributed by atoms with Gasteiger partial charge in [-0.3, -0.25) is 4.03 Å². The molecular weight excluding hydrogens is 306 g/mol. The molecule has 114 valence electrons. The molecule has 2 rings (SSSR count). The van der Waals surface area contributed by atoms with Gasteiger partial charge in [0.1, 0.15) is 14.1 Å². The van der Waals surface area contributed by atoms with Gasteiger partial charge in [-0.15, -0.1) is 11.3 Å². The molecule has 7 heteroatoms. The molecule has 0 saturated carbocycles. The van der Waals surface area contributed by atoms with Crippen LogP contribution in [0.1, 0.15) is 31.2 Å². The summed E-state index contributed by atoms with van der Waals surface area (Å²) in [5.41, 5.74) is 1.24. The van der Waals surface area contributed by atoms with Crippen LogP contribution in [0.3, 0.4) is 0 Å². The van der Waals surface area contributed by atoms with E-state index >= 15 is 0 Å². The fraction of sp³-hybridized carbons (Fsp3) is 0.692. The summed E-state index contributed by atoms with van der Waals surface area (Å²) in [6.07, 6.45) is 0.996. The average Bonchev–Trinajstić information content (AvgIpc) is 2.70. The maximum atomic E-state index is 12.9. The first-order valence-electron chi connectivity index (χ1n) is 6.91. The van der Waals surface area contributed by atoms with Gasteiger partial charge < -0.3 is 5.32 Å². The van der Waals surface area contributed by atoms with Crippen LogP contribution in [-0.2, 0) is 22.9 Å². The molecule has 1 aromatic rings. The summed E-state index contributed by atoms with van der Waals surface area (Å²) in [5, 5.41) is 9.50. The van der Waals surface area contributed by atoms with E-state index in [4.69, 9.17) is 5.14 Å². The molecule has 2 heterocycles. The molecule has 0 bridgehead atoms. The minimum atomic E-state index is -2.77. The lowest BCUT2D eigenvalue weighted by Gasteiger charge is -2.32. The first-order chi connectivity index (χ1) is 9.03. The van der Waals surface area contributed by atoms with Crippen LogP contribution in [0.4, 0.5) is 0 Å². The minimum absolute atomic E-state index is 0.0491. The predicted molar refractivity (Wildman–Crippen MR) is 90.0 cm³/mol. The smallest absolute Gasteiger partial charge is 0.195 e. The van der Waals surface area contributed by atoms with Crippen LogP contribution in [0.15, 0.2) is 14.3 Å². The van der Waals surface area contributed by atoms with Crippen LogP contribution in [0.5, 0.6) is 0 Å². The number of nitrogens with two attached hydrogens (primary N) is 1. The van der Waals surface area contributed by atoms with Crippen LogP contribution in [0.2, 0.25) is 18.1 Å². The van der Waals surface area contributed by atoms with E-state index in [1.165, 1.54) is 10.4 Å². The Morgan fingerprint density at radius 2 is 2.10 bits per heavy atom. The first-order valence-corrected chi connectivity index (χ1v) is 12.3. The van der Waals surface area contributed by atoms with Crippen LogP contribution >= 0.6 is 11.3 Å². The van der Waals surface area contributed by atoms with E-state index in [2.05, 4.69) is 43.2 Å². The van der Waals surface area contributed by atoms with Crippen LogP contribution < -0.4 is 10.5 Å².